The Hall–Kier alpha value is -2.82. The first-order chi connectivity index (χ1) is 16.2. The summed E-state index contributed by atoms with van der Waals surface area (Å²) in [6, 6.07) is 12.2. The molecule has 1 aliphatic heterocycles. The molecule has 0 unspecified atom stereocenters. The molecule has 2 fully saturated rings. The minimum atomic E-state index is -2.70. The van der Waals surface area contributed by atoms with Crippen molar-refractivity contribution in [1.29, 1.82) is 0 Å². The summed E-state index contributed by atoms with van der Waals surface area (Å²) in [6.07, 6.45) is -0.553. The number of benzene rings is 2. The Morgan fingerprint density at radius 3 is 2.53 bits per heavy atom. The molecule has 1 saturated heterocycles. The Balaban J connectivity index is 1.37. The second-order valence-electron chi connectivity index (χ2n) is 9.23. The standard InChI is InChI=1S/C26H26ClF2N3O2/c1-17-15-31(9-10-32(17)25(34)21-13-26(28,29)14-21)16-20-7-3-6-19(24(20)27)12-23(33)18-5-4-8-22(11-18)30-2/h3-8,11,17,21H,9-10,12-16H2,1H3/t17-/m0/s1. The number of carbonyl (C=O) groups is 2. The fourth-order valence-electron chi connectivity index (χ4n) is 4.73. The third kappa shape index (κ3) is 5.29. The van der Waals surface area contributed by atoms with E-state index in [9.17, 15) is 18.4 Å². The molecule has 1 heterocycles. The van der Waals surface area contributed by atoms with Crippen LogP contribution in [0.1, 0.15) is 41.3 Å². The molecule has 1 aliphatic carbocycles. The lowest BCUT2D eigenvalue weighted by atomic mass is 9.80. The second-order valence-corrected chi connectivity index (χ2v) is 9.61. The van der Waals surface area contributed by atoms with Crippen molar-refractivity contribution in [3.8, 4) is 0 Å². The summed E-state index contributed by atoms with van der Waals surface area (Å²) < 4.78 is 26.3. The SMILES string of the molecule is [C-]#[N+]c1cccc(C(=O)Cc2cccc(CN3CCN(C(=O)C4CC(F)(F)C4)[C@@H](C)C3)c2Cl)c1. The van der Waals surface area contributed by atoms with Gasteiger partial charge in [0.25, 0.3) is 0 Å². The Bertz CT molecular complexity index is 1140. The first kappa shape index (κ1) is 24.3. The number of Topliss-reactive ketones (excluding diaryl/α,β-unsaturated/α-hetero) is 1. The van der Waals surface area contributed by atoms with E-state index >= 15 is 0 Å². The lowest BCUT2D eigenvalue weighted by Gasteiger charge is -2.44. The van der Waals surface area contributed by atoms with Crippen LogP contribution in [0.15, 0.2) is 42.5 Å². The summed E-state index contributed by atoms with van der Waals surface area (Å²) in [5.41, 5.74) is 2.52. The van der Waals surface area contributed by atoms with Crippen LogP contribution in [0.4, 0.5) is 14.5 Å². The first-order valence-corrected chi connectivity index (χ1v) is 11.7. The molecule has 0 bridgehead atoms. The van der Waals surface area contributed by atoms with E-state index in [1.54, 1.807) is 29.2 Å². The number of carbonyl (C=O) groups excluding carboxylic acids is 2. The zero-order valence-electron chi connectivity index (χ0n) is 18.9. The minimum absolute atomic E-state index is 0.0752. The van der Waals surface area contributed by atoms with Crippen LogP contribution in [0.3, 0.4) is 0 Å². The van der Waals surface area contributed by atoms with Gasteiger partial charge in [0.05, 0.1) is 6.57 Å². The van der Waals surface area contributed by atoms with Gasteiger partial charge in [-0.15, -0.1) is 0 Å². The molecule has 34 heavy (non-hydrogen) atoms. The molecule has 0 spiro atoms. The Labute approximate surface area is 203 Å². The molecule has 1 saturated carbocycles. The lowest BCUT2D eigenvalue weighted by Crippen LogP contribution is -2.57. The van der Waals surface area contributed by atoms with Crippen molar-refractivity contribution < 1.29 is 18.4 Å². The average molecular weight is 486 g/mol. The Morgan fingerprint density at radius 2 is 1.85 bits per heavy atom. The molecule has 0 N–H and O–H groups in total. The summed E-state index contributed by atoms with van der Waals surface area (Å²) in [4.78, 5) is 32.6. The van der Waals surface area contributed by atoms with Gasteiger partial charge in [-0.25, -0.2) is 13.6 Å². The van der Waals surface area contributed by atoms with Crippen molar-refractivity contribution in [2.75, 3.05) is 19.6 Å². The van der Waals surface area contributed by atoms with Crippen molar-refractivity contribution in [3.05, 3.63) is 75.6 Å². The van der Waals surface area contributed by atoms with Crippen LogP contribution < -0.4 is 0 Å². The van der Waals surface area contributed by atoms with Gasteiger partial charge < -0.3 is 4.90 Å². The van der Waals surface area contributed by atoms with Crippen LogP contribution in [0.2, 0.25) is 5.02 Å². The number of amides is 1. The van der Waals surface area contributed by atoms with Gasteiger partial charge >= 0.3 is 0 Å². The molecule has 5 nitrogen and oxygen atoms in total. The highest BCUT2D eigenvalue weighted by Crippen LogP contribution is 2.43. The Morgan fingerprint density at radius 1 is 1.15 bits per heavy atom. The molecule has 8 heteroatoms. The third-order valence-electron chi connectivity index (χ3n) is 6.63. The monoisotopic (exact) mass is 485 g/mol. The van der Waals surface area contributed by atoms with Crippen LogP contribution in [-0.4, -0.2) is 53.1 Å². The van der Waals surface area contributed by atoms with E-state index in [0.717, 1.165) is 11.1 Å². The zero-order valence-corrected chi connectivity index (χ0v) is 19.7. The number of alkyl halides is 2. The highest BCUT2D eigenvalue weighted by Gasteiger charge is 2.50. The van der Waals surface area contributed by atoms with Gasteiger partial charge in [0.1, 0.15) is 0 Å². The number of halogens is 3. The van der Waals surface area contributed by atoms with Crippen LogP contribution in [0, 0.1) is 12.5 Å². The smallest absolute Gasteiger partial charge is 0.249 e. The lowest BCUT2D eigenvalue weighted by molar-refractivity contribution is -0.163. The maximum Gasteiger partial charge on any atom is 0.249 e. The summed E-state index contributed by atoms with van der Waals surface area (Å²) in [5.74, 6) is -3.54. The molecular formula is C26H26ClF2N3O2. The fraction of sp³-hybridized carbons (Fsp3) is 0.423. The van der Waals surface area contributed by atoms with Crippen LogP contribution in [0.25, 0.3) is 4.85 Å². The molecule has 4 rings (SSSR count). The van der Waals surface area contributed by atoms with Gasteiger partial charge in [0, 0.05) is 68.0 Å². The maximum absolute atomic E-state index is 13.2. The largest absolute Gasteiger partial charge is 0.337 e. The van der Waals surface area contributed by atoms with E-state index in [0.29, 0.717) is 42.5 Å². The van der Waals surface area contributed by atoms with Crippen LogP contribution in [0.5, 0.6) is 0 Å². The van der Waals surface area contributed by atoms with Gasteiger partial charge in [0.15, 0.2) is 11.5 Å². The number of hydrogen-bond acceptors (Lipinski definition) is 3. The summed E-state index contributed by atoms with van der Waals surface area (Å²) in [6.45, 7) is 11.4. The molecule has 1 atom stereocenters. The first-order valence-electron chi connectivity index (χ1n) is 11.3. The molecule has 0 radical (unpaired) electrons. The minimum Gasteiger partial charge on any atom is -0.337 e. The zero-order chi connectivity index (χ0) is 24.5. The van der Waals surface area contributed by atoms with Crippen molar-refractivity contribution >= 4 is 29.0 Å². The quantitative estimate of drug-likeness (QED) is 0.407. The summed E-state index contributed by atoms with van der Waals surface area (Å²) in [5, 5.41) is 0.542. The van der Waals surface area contributed by atoms with E-state index in [4.69, 9.17) is 18.2 Å². The third-order valence-corrected chi connectivity index (χ3v) is 7.12. The van der Waals surface area contributed by atoms with Gasteiger partial charge in [-0.05, 0) is 24.1 Å². The van der Waals surface area contributed by atoms with Gasteiger partial charge in [0.2, 0.25) is 11.8 Å². The fourth-order valence-corrected chi connectivity index (χ4v) is 4.98. The average Bonchev–Trinajstić information content (AvgIpc) is 2.79. The molecule has 178 valence electrons. The van der Waals surface area contributed by atoms with Gasteiger partial charge in [-0.1, -0.05) is 48.0 Å². The van der Waals surface area contributed by atoms with Crippen molar-refractivity contribution in [1.82, 2.24) is 9.80 Å². The van der Waals surface area contributed by atoms with E-state index in [1.165, 1.54) is 0 Å². The number of ketones is 1. The number of nitrogens with zero attached hydrogens (tertiary/aromatic N) is 3. The number of piperazine rings is 1. The highest BCUT2D eigenvalue weighted by molar-refractivity contribution is 6.32. The molecular weight excluding hydrogens is 460 g/mol. The van der Waals surface area contributed by atoms with E-state index in [2.05, 4.69) is 9.74 Å². The van der Waals surface area contributed by atoms with E-state index < -0.39 is 11.8 Å². The van der Waals surface area contributed by atoms with Crippen molar-refractivity contribution in [2.45, 2.75) is 44.7 Å². The maximum atomic E-state index is 13.2. The van der Waals surface area contributed by atoms with Crippen LogP contribution >= 0.6 is 11.6 Å². The van der Waals surface area contributed by atoms with Gasteiger partial charge in [-0.2, -0.15) is 0 Å². The van der Waals surface area contributed by atoms with Crippen molar-refractivity contribution in [2.24, 2.45) is 5.92 Å². The summed E-state index contributed by atoms with van der Waals surface area (Å²) in [7, 11) is 0. The summed E-state index contributed by atoms with van der Waals surface area (Å²) >= 11 is 6.67. The normalized spacial score (nSPS) is 20.4. The molecule has 0 aromatic heterocycles. The second kappa shape index (κ2) is 9.81. The highest BCUT2D eigenvalue weighted by atomic mass is 35.5. The molecule has 2 aromatic rings. The number of rotatable bonds is 6. The molecule has 2 aromatic carbocycles. The number of hydrogen-bond donors (Lipinski definition) is 0. The van der Waals surface area contributed by atoms with Gasteiger partial charge in [-0.3, -0.25) is 14.5 Å². The van der Waals surface area contributed by atoms with E-state index in [-0.39, 0.29) is 37.0 Å². The Kier molecular flexibility index (Phi) is 7.01. The molecule has 2 aliphatic rings. The molecule has 1 amide bonds. The predicted octanol–water partition coefficient (Wildman–Crippen LogP) is 5.39. The van der Waals surface area contributed by atoms with Crippen LogP contribution in [-0.2, 0) is 17.8 Å². The van der Waals surface area contributed by atoms with E-state index in [1.807, 2.05) is 25.1 Å². The van der Waals surface area contributed by atoms with Crippen molar-refractivity contribution in [3.63, 3.8) is 0 Å². The predicted molar refractivity (Wildman–Crippen MR) is 126 cm³/mol. The topological polar surface area (TPSA) is 45.0 Å².